The van der Waals surface area contributed by atoms with Crippen LogP contribution in [0.15, 0.2) is 54.6 Å². The van der Waals surface area contributed by atoms with Gasteiger partial charge >= 0.3 is 6.18 Å². The Morgan fingerprint density at radius 3 is 2.05 bits per heavy atom. The van der Waals surface area contributed by atoms with E-state index in [4.69, 9.17) is 11.6 Å². The van der Waals surface area contributed by atoms with Crippen molar-refractivity contribution in [2.24, 2.45) is 0 Å². The lowest BCUT2D eigenvalue weighted by molar-refractivity contribution is -0.136. The fourth-order valence-corrected chi connectivity index (χ4v) is 2.35. The smallest absolute Gasteiger partial charge is 0.171 e. The van der Waals surface area contributed by atoms with Crippen LogP contribution in [0.5, 0.6) is 0 Å². The van der Waals surface area contributed by atoms with E-state index in [0.717, 1.165) is 0 Å². The molecule has 0 bridgehead atoms. The molecule has 4 heteroatoms. The zero-order valence-corrected chi connectivity index (χ0v) is 10.7. The predicted molar refractivity (Wildman–Crippen MR) is 70.4 cm³/mol. The summed E-state index contributed by atoms with van der Waals surface area (Å²) >= 11 is 6.03. The van der Waals surface area contributed by atoms with Crippen LogP contribution < -0.4 is 0 Å². The Balaban J connectivity index is 2.44. The van der Waals surface area contributed by atoms with Crippen molar-refractivity contribution in [3.8, 4) is 0 Å². The van der Waals surface area contributed by atoms with Crippen LogP contribution in [0.25, 0.3) is 0 Å². The molecule has 1 atom stereocenters. The highest BCUT2D eigenvalue weighted by Crippen LogP contribution is 2.38. The Hall–Kier alpha value is -1.48. The Bertz CT molecular complexity index is 535. The molecular weight excluding hydrogens is 273 g/mol. The van der Waals surface area contributed by atoms with Crippen LogP contribution in [0, 0.1) is 0 Å². The highest BCUT2D eigenvalue weighted by Gasteiger charge is 2.34. The minimum absolute atomic E-state index is 0.362. The third kappa shape index (κ3) is 3.74. The van der Waals surface area contributed by atoms with Gasteiger partial charge in [0.15, 0.2) is 0 Å². The van der Waals surface area contributed by atoms with E-state index in [1.807, 2.05) is 0 Å². The van der Waals surface area contributed by atoms with E-state index in [1.165, 1.54) is 0 Å². The van der Waals surface area contributed by atoms with Crippen LogP contribution in [0.2, 0.25) is 5.02 Å². The first-order valence-corrected chi connectivity index (χ1v) is 6.21. The summed E-state index contributed by atoms with van der Waals surface area (Å²) in [6.45, 7) is 0. The largest absolute Gasteiger partial charge is 0.390 e. The zero-order chi connectivity index (χ0) is 13.9. The van der Waals surface area contributed by atoms with E-state index >= 15 is 0 Å². The van der Waals surface area contributed by atoms with Crippen molar-refractivity contribution in [2.45, 2.75) is 18.5 Å². The average Bonchev–Trinajstić information content (AvgIpc) is 2.37. The van der Waals surface area contributed by atoms with Gasteiger partial charge in [0.25, 0.3) is 0 Å². The normalized spacial score (nSPS) is 13.3. The van der Waals surface area contributed by atoms with Gasteiger partial charge in [-0.05, 0) is 17.2 Å². The van der Waals surface area contributed by atoms with Crippen LogP contribution >= 0.6 is 11.6 Å². The van der Waals surface area contributed by atoms with Gasteiger partial charge in [-0.3, -0.25) is 0 Å². The summed E-state index contributed by atoms with van der Waals surface area (Å²) in [7, 11) is 0. The molecule has 0 saturated carbocycles. The van der Waals surface area contributed by atoms with Crippen molar-refractivity contribution in [2.75, 3.05) is 0 Å². The highest BCUT2D eigenvalue weighted by atomic mass is 35.5. The first-order valence-electron chi connectivity index (χ1n) is 5.83. The lowest BCUT2D eigenvalue weighted by Crippen LogP contribution is -2.15. The average molecular weight is 285 g/mol. The highest BCUT2D eigenvalue weighted by molar-refractivity contribution is 6.31. The quantitative estimate of drug-likeness (QED) is 0.705. The first-order chi connectivity index (χ1) is 8.97. The molecule has 0 amide bonds. The second-order valence-corrected chi connectivity index (χ2v) is 4.71. The molecule has 0 aliphatic heterocycles. The summed E-state index contributed by atoms with van der Waals surface area (Å²) in [6.07, 6.45) is -5.15. The van der Waals surface area contributed by atoms with E-state index in [9.17, 15) is 13.2 Å². The summed E-state index contributed by atoms with van der Waals surface area (Å²) in [5, 5.41) is 0.362. The van der Waals surface area contributed by atoms with Gasteiger partial charge in [-0.2, -0.15) is 13.2 Å². The molecule has 0 unspecified atom stereocenters. The van der Waals surface area contributed by atoms with Crippen molar-refractivity contribution in [3.63, 3.8) is 0 Å². The third-order valence-corrected chi connectivity index (χ3v) is 3.26. The Labute approximate surface area is 114 Å². The molecule has 0 aliphatic rings. The molecule has 0 aliphatic carbocycles. The summed E-state index contributed by atoms with van der Waals surface area (Å²) in [4.78, 5) is 0. The fraction of sp³-hybridized carbons (Fsp3) is 0.200. The van der Waals surface area contributed by atoms with Crippen molar-refractivity contribution >= 4 is 11.6 Å². The van der Waals surface area contributed by atoms with Crippen molar-refractivity contribution in [3.05, 3.63) is 70.7 Å². The molecule has 0 radical (unpaired) electrons. The van der Waals surface area contributed by atoms with Crippen molar-refractivity contribution in [1.29, 1.82) is 0 Å². The minimum Gasteiger partial charge on any atom is -0.171 e. The number of hydrogen-bond acceptors (Lipinski definition) is 0. The standard InChI is InChI=1S/C15H12ClF3/c16-14-9-5-4-8-12(14)13(10-15(17,18)19)11-6-2-1-3-7-11/h1-9,13H,10H2/t13-/m0/s1. The summed E-state index contributed by atoms with van der Waals surface area (Å²) < 4.78 is 38.3. The first kappa shape index (κ1) is 13.9. The van der Waals surface area contributed by atoms with Gasteiger partial charge in [-0.1, -0.05) is 60.1 Å². The van der Waals surface area contributed by atoms with Crippen molar-refractivity contribution < 1.29 is 13.2 Å². The van der Waals surface area contributed by atoms with E-state index in [-0.39, 0.29) is 0 Å². The summed E-state index contributed by atoms with van der Waals surface area (Å²) in [6, 6.07) is 15.3. The van der Waals surface area contributed by atoms with E-state index in [1.54, 1.807) is 54.6 Å². The maximum absolute atomic E-state index is 12.8. The second-order valence-electron chi connectivity index (χ2n) is 4.30. The molecule has 100 valence electrons. The summed E-state index contributed by atoms with van der Waals surface area (Å²) in [5.41, 5.74) is 1.13. The molecule has 2 aromatic carbocycles. The zero-order valence-electron chi connectivity index (χ0n) is 9.99. The van der Waals surface area contributed by atoms with Crippen LogP contribution in [0.4, 0.5) is 13.2 Å². The van der Waals surface area contributed by atoms with Gasteiger partial charge in [-0.25, -0.2) is 0 Å². The predicted octanol–water partition coefficient (Wildman–Crippen LogP) is 5.42. The molecule has 0 nitrogen and oxygen atoms in total. The molecule has 0 N–H and O–H groups in total. The van der Waals surface area contributed by atoms with Gasteiger partial charge in [0.2, 0.25) is 0 Å². The molecule has 0 spiro atoms. The van der Waals surface area contributed by atoms with E-state index in [2.05, 4.69) is 0 Å². The molecule has 2 aromatic rings. The number of benzene rings is 2. The van der Waals surface area contributed by atoms with Gasteiger partial charge in [0.05, 0.1) is 6.42 Å². The Morgan fingerprint density at radius 2 is 1.47 bits per heavy atom. The monoisotopic (exact) mass is 284 g/mol. The van der Waals surface area contributed by atoms with Crippen LogP contribution in [0.1, 0.15) is 23.5 Å². The lowest BCUT2D eigenvalue weighted by Gasteiger charge is -2.20. The Morgan fingerprint density at radius 1 is 0.895 bits per heavy atom. The molecule has 19 heavy (non-hydrogen) atoms. The second kappa shape index (κ2) is 5.66. The maximum atomic E-state index is 12.8. The molecular formula is C15H12ClF3. The molecule has 2 rings (SSSR count). The number of rotatable bonds is 3. The number of halogens is 4. The lowest BCUT2D eigenvalue weighted by atomic mass is 9.88. The third-order valence-electron chi connectivity index (χ3n) is 2.92. The molecule has 0 saturated heterocycles. The van der Waals surface area contributed by atoms with Gasteiger partial charge in [-0.15, -0.1) is 0 Å². The van der Waals surface area contributed by atoms with Crippen molar-refractivity contribution in [1.82, 2.24) is 0 Å². The maximum Gasteiger partial charge on any atom is 0.390 e. The van der Waals surface area contributed by atoms with Crippen LogP contribution in [0.3, 0.4) is 0 Å². The van der Waals surface area contributed by atoms with Crippen LogP contribution in [-0.4, -0.2) is 6.18 Å². The van der Waals surface area contributed by atoms with E-state index in [0.29, 0.717) is 16.1 Å². The fourth-order valence-electron chi connectivity index (χ4n) is 2.08. The van der Waals surface area contributed by atoms with E-state index < -0.39 is 18.5 Å². The number of alkyl halides is 3. The molecule has 0 fully saturated rings. The van der Waals surface area contributed by atoms with Gasteiger partial charge in [0, 0.05) is 10.9 Å². The molecule has 0 heterocycles. The molecule has 0 aromatic heterocycles. The van der Waals surface area contributed by atoms with Gasteiger partial charge < -0.3 is 0 Å². The number of hydrogen-bond donors (Lipinski definition) is 0. The van der Waals surface area contributed by atoms with Gasteiger partial charge in [0.1, 0.15) is 0 Å². The topological polar surface area (TPSA) is 0 Å². The SMILES string of the molecule is FC(F)(F)C[C@@H](c1ccccc1)c1ccccc1Cl. The van der Waals surface area contributed by atoms with Crippen LogP contribution in [-0.2, 0) is 0 Å². The summed E-state index contributed by atoms with van der Waals surface area (Å²) in [5.74, 6) is -0.769. The Kier molecular flexibility index (Phi) is 4.15. The minimum atomic E-state index is -4.24.